The fraction of sp³-hybridized carbons (Fsp3) is 0. The number of allylic oxidation sites excluding steroid dienone is 3. The summed E-state index contributed by atoms with van der Waals surface area (Å²) in [6, 6.07) is 4.24. The van der Waals surface area contributed by atoms with Crippen LogP contribution in [0.2, 0.25) is 0 Å². The largest absolute Gasteiger partial charge is 0.145 e. The van der Waals surface area contributed by atoms with Crippen LogP contribution in [-0.4, -0.2) is 0 Å². The van der Waals surface area contributed by atoms with Gasteiger partial charge in [-0.1, -0.05) is 11.3 Å². The minimum Gasteiger partial charge on any atom is -0.145 e. The molecular weight excluding hydrogens is 168 g/mol. The van der Waals surface area contributed by atoms with Gasteiger partial charge in [-0.05, 0) is 11.3 Å². The van der Waals surface area contributed by atoms with Crippen LogP contribution >= 0.6 is 0 Å². The zero-order valence-corrected chi connectivity index (χ0v) is 7.62. The molecule has 0 aliphatic heterocycles. The lowest BCUT2D eigenvalue weighted by atomic mass is 9.95. The summed E-state index contributed by atoms with van der Waals surface area (Å²) in [5, 5.41) is 2.43. The molecule has 0 amide bonds. The van der Waals surface area contributed by atoms with E-state index >= 15 is 0 Å². The third-order valence-electron chi connectivity index (χ3n) is 2.51. The second-order valence-electron chi connectivity index (χ2n) is 3.35. The first-order chi connectivity index (χ1) is 6.95. The molecule has 0 N–H and O–H groups in total. The first kappa shape index (κ1) is 7.41. The van der Waals surface area contributed by atoms with E-state index < -0.39 is 0 Å². The van der Waals surface area contributed by atoms with Crippen molar-refractivity contribution in [3.05, 3.63) is 64.1 Å². The molecule has 0 aromatic heterocycles. The van der Waals surface area contributed by atoms with Gasteiger partial charge in [0.05, 0.1) is 5.22 Å². The summed E-state index contributed by atoms with van der Waals surface area (Å²) in [4.78, 5) is 0. The minimum atomic E-state index is 1.16. The molecule has 2 aliphatic carbocycles. The minimum absolute atomic E-state index is 1.16. The molecule has 64 valence electrons. The van der Waals surface area contributed by atoms with E-state index in [1.54, 1.807) is 0 Å². The number of benzene rings is 1. The third-order valence-corrected chi connectivity index (χ3v) is 2.51. The zero-order chi connectivity index (χ0) is 9.38. The molecule has 0 saturated carbocycles. The molecule has 1 aromatic rings. The Labute approximate surface area is 82.9 Å². The molecule has 3 rings (SSSR count). The Bertz CT molecular complexity index is 592. The lowest BCUT2D eigenvalue weighted by Crippen LogP contribution is -2.20. The van der Waals surface area contributed by atoms with Crippen LogP contribution in [0.15, 0.2) is 36.1 Å². The van der Waals surface area contributed by atoms with Crippen LogP contribution in [-0.2, 0) is 0 Å². The monoisotopic (exact) mass is 176 g/mol. The van der Waals surface area contributed by atoms with Gasteiger partial charge in [0.25, 0.3) is 0 Å². The van der Waals surface area contributed by atoms with E-state index in [0.717, 1.165) is 5.22 Å². The van der Waals surface area contributed by atoms with E-state index in [1.807, 2.05) is 12.2 Å². The Hall–Kier alpha value is -2.00. The second kappa shape index (κ2) is 2.75. The van der Waals surface area contributed by atoms with Crippen LogP contribution in [0.3, 0.4) is 0 Å². The van der Waals surface area contributed by atoms with Crippen LogP contribution < -0.4 is 10.4 Å². The number of rotatable bonds is 0. The first-order valence-corrected chi connectivity index (χ1v) is 4.64. The molecule has 2 aliphatic rings. The average molecular weight is 176 g/mol. The van der Waals surface area contributed by atoms with Gasteiger partial charge in [-0.2, -0.15) is 0 Å². The standard InChI is InChI=1S/C14H8/c1-3-7-13-11(5-1)9-10-12-6-2-4-8-14(12)13/h1-3,5,7-10H. The fourth-order valence-electron chi connectivity index (χ4n) is 1.82. The van der Waals surface area contributed by atoms with Crippen molar-refractivity contribution >= 4 is 18.2 Å². The van der Waals surface area contributed by atoms with Crippen LogP contribution in [0.4, 0.5) is 0 Å². The quantitative estimate of drug-likeness (QED) is 0.414. The molecule has 1 aromatic carbocycles. The summed E-state index contributed by atoms with van der Waals surface area (Å²) in [5.74, 6) is 0. The second-order valence-corrected chi connectivity index (χ2v) is 3.35. The van der Waals surface area contributed by atoms with Crippen molar-refractivity contribution in [2.75, 3.05) is 0 Å². The van der Waals surface area contributed by atoms with Crippen LogP contribution in [0.1, 0.15) is 11.1 Å². The van der Waals surface area contributed by atoms with E-state index in [4.69, 9.17) is 0 Å². The van der Waals surface area contributed by atoms with Gasteiger partial charge >= 0.3 is 0 Å². The maximum Gasteiger partial charge on any atom is 0.121 e. The maximum absolute atomic E-state index is 3.19. The van der Waals surface area contributed by atoms with Gasteiger partial charge in [0.1, 0.15) is 6.08 Å². The smallest absolute Gasteiger partial charge is 0.121 e. The van der Waals surface area contributed by atoms with Gasteiger partial charge in [-0.15, -0.1) is 30.2 Å². The molecule has 0 radical (unpaired) electrons. The first-order valence-electron chi connectivity index (χ1n) is 4.64. The highest BCUT2D eigenvalue weighted by Crippen LogP contribution is 2.09. The topological polar surface area (TPSA) is 0 Å². The van der Waals surface area contributed by atoms with Crippen LogP contribution in [0, 0.1) is 6.42 Å². The van der Waals surface area contributed by atoms with Gasteiger partial charge in [0, 0.05) is 18.2 Å². The van der Waals surface area contributed by atoms with Gasteiger partial charge < -0.3 is 0 Å². The van der Waals surface area contributed by atoms with E-state index in [1.165, 1.54) is 16.3 Å². The normalized spacial score (nSPS) is 14.3. The van der Waals surface area contributed by atoms with Gasteiger partial charge in [0.15, 0.2) is 0 Å². The fourth-order valence-corrected chi connectivity index (χ4v) is 1.82. The highest BCUT2D eigenvalue weighted by Gasteiger charge is 2.01. The van der Waals surface area contributed by atoms with Crippen LogP contribution in [0.5, 0.6) is 0 Å². The molecule has 14 heavy (non-hydrogen) atoms. The summed E-state index contributed by atoms with van der Waals surface area (Å²) < 4.78 is 0. The van der Waals surface area contributed by atoms with E-state index in [9.17, 15) is 0 Å². The summed E-state index contributed by atoms with van der Waals surface area (Å²) in [6.07, 6.45) is 15.4. The average Bonchev–Trinajstić information content (AvgIpc) is 2.29. The molecule has 0 heteroatoms. The molecular formula is C14H8. The van der Waals surface area contributed by atoms with Crippen molar-refractivity contribution in [3.63, 3.8) is 0 Å². The SMILES string of the molecule is C1=C[C+]=c2ccc3c(c2C=1)[CH-]C=CC=3. The predicted octanol–water partition coefficient (Wildman–Crippen LogP) is 1.43. The Balaban J connectivity index is 2.45. The third kappa shape index (κ3) is 0.963. The van der Waals surface area contributed by atoms with Crippen molar-refractivity contribution in [3.8, 4) is 0 Å². The molecule has 0 atom stereocenters. The molecule has 0 saturated heterocycles. The molecule has 0 fully saturated rings. The van der Waals surface area contributed by atoms with Crippen molar-refractivity contribution in [2.24, 2.45) is 0 Å². The highest BCUT2D eigenvalue weighted by atomic mass is 14.1. The van der Waals surface area contributed by atoms with Crippen molar-refractivity contribution in [1.82, 2.24) is 0 Å². The van der Waals surface area contributed by atoms with E-state index in [-0.39, 0.29) is 0 Å². The number of hydrogen-bond acceptors (Lipinski definition) is 0. The summed E-state index contributed by atoms with van der Waals surface area (Å²) in [6.45, 7) is 0. The van der Waals surface area contributed by atoms with Gasteiger partial charge in [0.2, 0.25) is 0 Å². The molecule has 0 bridgehead atoms. The number of fused-ring (bicyclic) bond motifs is 3. The Morgan fingerprint density at radius 1 is 1.29 bits per heavy atom. The Morgan fingerprint density at radius 2 is 2.29 bits per heavy atom. The van der Waals surface area contributed by atoms with E-state index in [2.05, 4.69) is 48.6 Å². The predicted molar refractivity (Wildman–Crippen MR) is 58.7 cm³/mol. The van der Waals surface area contributed by atoms with Crippen LogP contribution in [0.25, 0.3) is 18.2 Å². The summed E-state index contributed by atoms with van der Waals surface area (Å²) in [5.41, 5.74) is 5.58. The van der Waals surface area contributed by atoms with Crippen molar-refractivity contribution in [1.29, 1.82) is 0 Å². The van der Waals surface area contributed by atoms with Gasteiger partial charge in [-0.25, -0.2) is 0 Å². The number of hydrogen-bond donors (Lipinski definition) is 0. The molecule has 0 nitrogen and oxygen atoms in total. The summed E-state index contributed by atoms with van der Waals surface area (Å²) in [7, 11) is 0. The lowest BCUT2D eigenvalue weighted by molar-refractivity contribution is 1.38. The Morgan fingerprint density at radius 3 is 3.29 bits per heavy atom. The van der Waals surface area contributed by atoms with Crippen molar-refractivity contribution in [2.45, 2.75) is 0 Å². The van der Waals surface area contributed by atoms with E-state index in [0.29, 0.717) is 0 Å². The lowest BCUT2D eigenvalue weighted by Gasteiger charge is -2.14. The Kier molecular flexibility index (Phi) is 1.46. The highest BCUT2D eigenvalue weighted by molar-refractivity contribution is 5.66. The molecule has 0 heterocycles. The van der Waals surface area contributed by atoms with Gasteiger partial charge in [-0.3, -0.25) is 0 Å². The maximum atomic E-state index is 3.19. The van der Waals surface area contributed by atoms with Crippen molar-refractivity contribution < 1.29 is 0 Å². The summed E-state index contributed by atoms with van der Waals surface area (Å²) >= 11 is 0. The molecule has 0 spiro atoms. The zero-order valence-electron chi connectivity index (χ0n) is 7.62. The molecule has 0 unspecified atom stereocenters.